The molecule has 2 rings (SSSR count). The van der Waals surface area contributed by atoms with Crippen LogP contribution in [0.5, 0.6) is 0 Å². The number of rotatable bonds is 12. The topological polar surface area (TPSA) is 61.8 Å². The highest BCUT2D eigenvalue weighted by molar-refractivity contribution is 5.73. The number of esters is 2. The number of ether oxygens (including phenoxy) is 3. The molecular weight excluding hydrogens is 344 g/mol. The third kappa shape index (κ3) is 9.56. The Labute approximate surface area is 160 Å². The number of carbonyl (C=O) groups is 2. The second-order valence-corrected chi connectivity index (χ2v) is 6.11. The molecule has 0 heterocycles. The van der Waals surface area contributed by atoms with Crippen LogP contribution in [0, 0.1) is 0 Å². The third-order valence-corrected chi connectivity index (χ3v) is 3.87. The van der Waals surface area contributed by atoms with Crippen molar-refractivity contribution in [3.8, 4) is 0 Å². The Kier molecular flexibility index (Phi) is 9.68. The van der Waals surface area contributed by atoms with Gasteiger partial charge < -0.3 is 14.2 Å². The first kappa shape index (κ1) is 20.6. The van der Waals surface area contributed by atoms with Crippen LogP contribution < -0.4 is 0 Å². The van der Waals surface area contributed by atoms with Crippen molar-refractivity contribution >= 4 is 11.9 Å². The van der Waals surface area contributed by atoms with Gasteiger partial charge in [-0.3, -0.25) is 0 Å². The van der Waals surface area contributed by atoms with E-state index in [1.807, 2.05) is 60.7 Å². The fourth-order valence-electron chi connectivity index (χ4n) is 2.51. The highest BCUT2D eigenvalue weighted by Crippen LogP contribution is 2.03. The largest absolute Gasteiger partial charge is 0.464 e. The summed E-state index contributed by atoms with van der Waals surface area (Å²) >= 11 is 0. The molecule has 5 heteroatoms. The number of benzene rings is 2. The average molecular weight is 370 g/mol. The predicted molar refractivity (Wildman–Crippen MR) is 102 cm³/mol. The molecule has 0 N–H and O–H groups in total. The summed E-state index contributed by atoms with van der Waals surface area (Å²) in [6.45, 7) is 0.178. The quantitative estimate of drug-likeness (QED) is 0.423. The summed E-state index contributed by atoms with van der Waals surface area (Å²) in [5.41, 5.74) is 2.42. The second kappa shape index (κ2) is 12.7. The first-order chi connectivity index (χ1) is 13.2. The zero-order valence-corrected chi connectivity index (χ0v) is 15.5. The Morgan fingerprint density at radius 2 is 1.04 bits per heavy atom. The lowest BCUT2D eigenvalue weighted by Crippen LogP contribution is -2.19. The monoisotopic (exact) mass is 370 g/mol. The lowest BCUT2D eigenvalue weighted by atomic mass is 10.1. The van der Waals surface area contributed by atoms with Gasteiger partial charge in [0.1, 0.15) is 13.2 Å². The van der Waals surface area contributed by atoms with Gasteiger partial charge in [0.2, 0.25) is 0 Å². The highest BCUT2D eigenvalue weighted by Gasteiger charge is 2.07. The van der Waals surface area contributed by atoms with E-state index in [1.165, 1.54) is 11.1 Å². The summed E-state index contributed by atoms with van der Waals surface area (Å²) in [6, 6.07) is 20.0. The molecule has 5 nitrogen and oxygen atoms in total. The Morgan fingerprint density at radius 3 is 1.44 bits per heavy atom. The van der Waals surface area contributed by atoms with Crippen molar-refractivity contribution in [2.45, 2.75) is 25.7 Å². The summed E-state index contributed by atoms with van der Waals surface area (Å²) < 4.78 is 15.2. The van der Waals surface area contributed by atoms with Gasteiger partial charge in [0.15, 0.2) is 0 Å². The van der Waals surface area contributed by atoms with Crippen LogP contribution in [-0.4, -0.2) is 38.4 Å². The van der Waals surface area contributed by atoms with Gasteiger partial charge in [-0.05, 0) is 36.8 Å². The van der Waals surface area contributed by atoms with Crippen LogP contribution in [0.1, 0.15) is 24.0 Å². The van der Waals surface area contributed by atoms with Gasteiger partial charge in [-0.1, -0.05) is 60.7 Å². The zero-order chi connectivity index (χ0) is 19.2. The van der Waals surface area contributed by atoms with E-state index in [9.17, 15) is 9.59 Å². The Bertz CT molecular complexity index is 610. The molecule has 0 radical (unpaired) electrons. The molecule has 0 aliphatic carbocycles. The molecule has 2 aromatic carbocycles. The fraction of sp³-hybridized carbons (Fsp3) is 0.364. The van der Waals surface area contributed by atoms with E-state index in [0.29, 0.717) is 13.2 Å². The summed E-state index contributed by atoms with van der Waals surface area (Å²) in [7, 11) is 0. The summed E-state index contributed by atoms with van der Waals surface area (Å²) in [4.78, 5) is 23.1. The van der Waals surface area contributed by atoms with Gasteiger partial charge in [-0.25, -0.2) is 9.59 Å². The standard InChI is InChI=1S/C22H26O5/c23-21(26-15-7-13-19-9-3-1-4-10-19)17-25-18-22(24)27-16-8-14-20-11-5-2-6-12-20/h1-6,9-12H,7-8,13-18H2. The van der Waals surface area contributed by atoms with Crippen LogP contribution in [0.4, 0.5) is 0 Å². The van der Waals surface area contributed by atoms with Crippen molar-refractivity contribution in [2.24, 2.45) is 0 Å². The van der Waals surface area contributed by atoms with Crippen molar-refractivity contribution in [3.05, 3.63) is 71.8 Å². The van der Waals surface area contributed by atoms with E-state index in [4.69, 9.17) is 14.2 Å². The van der Waals surface area contributed by atoms with Crippen LogP contribution >= 0.6 is 0 Å². The molecule has 0 aliphatic heterocycles. The number of carbonyl (C=O) groups excluding carboxylic acids is 2. The van der Waals surface area contributed by atoms with E-state index in [-0.39, 0.29) is 13.2 Å². The van der Waals surface area contributed by atoms with Crippen LogP contribution in [0.2, 0.25) is 0 Å². The summed E-state index contributed by atoms with van der Waals surface area (Å²) in [5, 5.41) is 0. The molecule has 0 saturated carbocycles. The zero-order valence-electron chi connectivity index (χ0n) is 15.5. The molecule has 144 valence electrons. The van der Waals surface area contributed by atoms with E-state index in [1.54, 1.807) is 0 Å². The van der Waals surface area contributed by atoms with Crippen LogP contribution in [0.25, 0.3) is 0 Å². The van der Waals surface area contributed by atoms with Crippen molar-refractivity contribution in [2.75, 3.05) is 26.4 Å². The molecule has 0 unspecified atom stereocenters. The van der Waals surface area contributed by atoms with Crippen molar-refractivity contribution in [3.63, 3.8) is 0 Å². The van der Waals surface area contributed by atoms with Gasteiger partial charge in [0.25, 0.3) is 0 Å². The second-order valence-electron chi connectivity index (χ2n) is 6.11. The van der Waals surface area contributed by atoms with E-state index < -0.39 is 11.9 Å². The first-order valence-electron chi connectivity index (χ1n) is 9.21. The number of aryl methyl sites for hydroxylation is 2. The Morgan fingerprint density at radius 1 is 0.630 bits per heavy atom. The lowest BCUT2D eigenvalue weighted by Gasteiger charge is -2.07. The minimum absolute atomic E-state index is 0.246. The Balaban J connectivity index is 1.44. The van der Waals surface area contributed by atoms with Crippen molar-refractivity contribution in [1.82, 2.24) is 0 Å². The lowest BCUT2D eigenvalue weighted by molar-refractivity contribution is -0.155. The van der Waals surface area contributed by atoms with Crippen LogP contribution in [0.15, 0.2) is 60.7 Å². The summed E-state index contributed by atoms with van der Waals surface area (Å²) in [6.07, 6.45) is 3.20. The smallest absolute Gasteiger partial charge is 0.332 e. The Hall–Kier alpha value is -2.66. The van der Waals surface area contributed by atoms with Crippen molar-refractivity contribution < 1.29 is 23.8 Å². The minimum Gasteiger partial charge on any atom is -0.464 e. The van der Waals surface area contributed by atoms with Crippen LogP contribution in [0.3, 0.4) is 0 Å². The van der Waals surface area contributed by atoms with Gasteiger partial charge in [0.05, 0.1) is 13.2 Å². The SMILES string of the molecule is O=C(COCC(=O)OCCCc1ccccc1)OCCCc1ccccc1. The average Bonchev–Trinajstić information content (AvgIpc) is 2.70. The molecule has 0 aliphatic rings. The predicted octanol–water partition coefficient (Wildman–Crippen LogP) is 3.36. The maximum absolute atomic E-state index is 11.6. The van der Waals surface area contributed by atoms with E-state index in [0.717, 1.165) is 25.7 Å². The van der Waals surface area contributed by atoms with Gasteiger partial charge in [0, 0.05) is 0 Å². The van der Waals surface area contributed by atoms with Gasteiger partial charge >= 0.3 is 11.9 Å². The molecule has 0 saturated heterocycles. The maximum atomic E-state index is 11.6. The molecule has 0 amide bonds. The minimum atomic E-state index is -0.472. The molecule has 0 bridgehead atoms. The van der Waals surface area contributed by atoms with E-state index in [2.05, 4.69) is 0 Å². The number of hydrogen-bond acceptors (Lipinski definition) is 5. The van der Waals surface area contributed by atoms with Gasteiger partial charge in [-0.2, -0.15) is 0 Å². The fourth-order valence-corrected chi connectivity index (χ4v) is 2.51. The molecule has 2 aromatic rings. The molecular formula is C22H26O5. The maximum Gasteiger partial charge on any atom is 0.332 e. The molecule has 27 heavy (non-hydrogen) atoms. The highest BCUT2D eigenvalue weighted by atomic mass is 16.6. The van der Waals surface area contributed by atoms with Gasteiger partial charge in [-0.15, -0.1) is 0 Å². The molecule has 0 atom stereocenters. The normalized spacial score (nSPS) is 10.4. The molecule has 0 aromatic heterocycles. The van der Waals surface area contributed by atoms with Crippen LogP contribution in [-0.2, 0) is 36.6 Å². The van der Waals surface area contributed by atoms with E-state index >= 15 is 0 Å². The first-order valence-corrected chi connectivity index (χ1v) is 9.21. The number of hydrogen-bond donors (Lipinski definition) is 0. The van der Waals surface area contributed by atoms with Crippen molar-refractivity contribution in [1.29, 1.82) is 0 Å². The molecule has 0 fully saturated rings. The molecule has 0 spiro atoms. The summed E-state index contributed by atoms with van der Waals surface area (Å²) in [5.74, 6) is -0.945. The third-order valence-electron chi connectivity index (χ3n) is 3.87.